The fourth-order valence-corrected chi connectivity index (χ4v) is 4.92. The van der Waals surface area contributed by atoms with E-state index in [9.17, 15) is 0 Å². The summed E-state index contributed by atoms with van der Waals surface area (Å²) in [6.07, 6.45) is 0. The lowest BCUT2D eigenvalue weighted by molar-refractivity contribution is 0.631. The van der Waals surface area contributed by atoms with Crippen LogP contribution in [0, 0.1) is 0 Å². The molecule has 0 fully saturated rings. The molecule has 0 atom stereocenters. The van der Waals surface area contributed by atoms with Crippen LogP contribution in [0.15, 0.2) is 114 Å². The van der Waals surface area contributed by atoms with Gasteiger partial charge >= 0.3 is 0 Å². The van der Waals surface area contributed by atoms with Gasteiger partial charge in [0.05, 0.1) is 0 Å². The van der Waals surface area contributed by atoms with Crippen molar-refractivity contribution < 1.29 is 4.42 Å². The second kappa shape index (κ2) is 7.46. The minimum absolute atomic E-state index is 0.889. The summed E-state index contributed by atoms with van der Waals surface area (Å²) in [6, 6.07) is 37.9. The van der Waals surface area contributed by atoms with Gasteiger partial charge in [-0.25, -0.2) is 0 Å². The summed E-state index contributed by atoms with van der Waals surface area (Å²) in [5, 5.41) is 5.91. The molecule has 148 valence electrons. The van der Waals surface area contributed by atoms with Crippen LogP contribution in [0.2, 0.25) is 0 Å². The van der Waals surface area contributed by atoms with Gasteiger partial charge in [0, 0.05) is 31.9 Å². The van der Waals surface area contributed by atoms with Crippen molar-refractivity contribution in [3.05, 3.63) is 109 Å². The van der Waals surface area contributed by atoms with E-state index >= 15 is 0 Å². The molecule has 31 heavy (non-hydrogen) atoms. The van der Waals surface area contributed by atoms with Gasteiger partial charge in [0.25, 0.3) is 0 Å². The smallest absolute Gasteiger partial charge is 0.135 e. The predicted octanol–water partition coefficient (Wildman–Crippen LogP) is 8.73. The molecule has 2 aromatic heterocycles. The summed E-state index contributed by atoms with van der Waals surface area (Å²) in [4.78, 5) is 1.29. The van der Waals surface area contributed by atoms with Gasteiger partial charge in [-0.3, -0.25) is 0 Å². The summed E-state index contributed by atoms with van der Waals surface area (Å²) in [5.74, 6) is 0.889. The summed E-state index contributed by atoms with van der Waals surface area (Å²) < 4.78 is 7.29. The fraction of sp³-hybridized carbons (Fsp3) is 0. The van der Waals surface area contributed by atoms with Crippen LogP contribution in [0.25, 0.3) is 42.8 Å². The molecule has 0 saturated carbocycles. The largest absolute Gasteiger partial charge is 0.456 e. The highest BCUT2D eigenvalue weighted by molar-refractivity contribution is 7.22. The number of thiophene rings is 1. The van der Waals surface area contributed by atoms with Gasteiger partial charge in [-0.1, -0.05) is 48.5 Å². The Kier molecular flexibility index (Phi) is 4.33. The maximum absolute atomic E-state index is 5.97. The van der Waals surface area contributed by atoms with Gasteiger partial charge in [-0.05, 0) is 71.6 Å². The standard InChI is InChI=1S/C28H19NOS/c1-3-7-25-21(5-1)17-26(30-25)19-9-13-23(14-10-19)29-24-15-11-20(12-16-24)28-18-22-6-2-4-8-27(22)31-28/h1-18,29H. The molecular weight excluding hydrogens is 398 g/mol. The topological polar surface area (TPSA) is 25.2 Å². The van der Waals surface area contributed by atoms with E-state index in [0.717, 1.165) is 33.7 Å². The van der Waals surface area contributed by atoms with Crippen molar-refractivity contribution in [2.45, 2.75) is 0 Å². The van der Waals surface area contributed by atoms with E-state index in [0.29, 0.717) is 0 Å². The maximum Gasteiger partial charge on any atom is 0.135 e. The zero-order valence-electron chi connectivity index (χ0n) is 16.7. The lowest BCUT2D eigenvalue weighted by Gasteiger charge is -2.08. The summed E-state index contributed by atoms with van der Waals surface area (Å²) in [5.41, 5.74) is 5.35. The molecule has 0 aliphatic heterocycles. The third-order valence-electron chi connectivity index (χ3n) is 5.48. The Morgan fingerprint density at radius 3 is 1.94 bits per heavy atom. The lowest BCUT2D eigenvalue weighted by Crippen LogP contribution is -1.89. The van der Waals surface area contributed by atoms with Crippen LogP contribution in [0.1, 0.15) is 0 Å². The molecule has 2 nitrogen and oxygen atoms in total. The molecule has 0 aliphatic rings. The molecule has 3 heteroatoms. The minimum atomic E-state index is 0.889. The van der Waals surface area contributed by atoms with Gasteiger partial charge < -0.3 is 9.73 Å². The van der Waals surface area contributed by atoms with Crippen LogP contribution in [0.4, 0.5) is 11.4 Å². The fourth-order valence-electron chi connectivity index (χ4n) is 3.85. The molecule has 0 aliphatic carbocycles. The zero-order chi connectivity index (χ0) is 20.6. The predicted molar refractivity (Wildman–Crippen MR) is 132 cm³/mol. The van der Waals surface area contributed by atoms with Crippen LogP contribution >= 0.6 is 11.3 Å². The van der Waals surface area contributed by atoms with Gasteiger partial charge in [0.1, 0.15) is 11.3 Å². The Morgan fingerprint density at radius 2 is 1.23 bits per heavy atom. The molecule has 0 spiro atoms. The van der Waals surface area contributed by atoms with E-state index in [1.165, 1.54) is 20.5 Å². The van der Waals surface area contributed by atoms with Crippen molar-refractivity contribution in [2.75, 3.05) is 5.32 Å². The minimum Gasteiger partial charge on any atom is -0.456 e. The molecule has 0 unspecified atom stereocenters. The van der Waals surface area contributed by atoms with Crippen LogP contribution in [-0.2, 0) is 0 Å². The number of benzene rings is 4. The van der Waals surface area contributed by atoms with Crippen LogP contribution in [0.5, 0.6) is 0 Å². The Balaban J connectivity index is 1.20. The van der Waals surface area contributed by atoms with Crippen molar-refractivity contribution in [1.29, 1.82) is 0 Å². The van der Waals surface area contributed by atoms with Crippen LogP contribution < -0.4 is 5.32 Å². The van der Waals surface area contributed by atoms with Gasteiger partial charge in [-0.2, -0.15) is 0 Å². The summed E-state index contributed by atoms with van der Waals surface area (Å²) in [6.45, 7) is 0. The van der Waals surface area contributed by atoms with Crippen molar-refractivity contribution in [2.24, 2.45) is 0 Å². The van der Waals surface area contributed by atoms with Gasteiger partial charge in [0.15, 0.2) is 0 Å². The average molecular weight is 418 g/mol. The van der Waals surface area contributed by atoms with Crippen LogP contribution in [-0.4, -0.2) is 0 Å². The monoisotopic (exact) mass is 417 g/mol. The third kappa shape index (κ3) is 3.49. The maximum atomic E-state index is 5.97. The second-order valence-corrected chi connectivity index (χ2v) is 8.66. The Bertz CT molecular complexity index is 1310. The van der Waals surface area contributed by atoms with Crippen molar-refractivity contribution in [3.63, 3.8) is 0 Å². The number of hydrogen-bond donors (Lipinski definition) is 1. The first-order valence-electron chi connectivity index (χ1n) is 10.3. The Morgan fingerprint density at radius 1 is 0.581 bits per heavy atom. The molecular formula is C28H19NOS. The number of anilines is 2. The zero-order valence-corrected chi connectivity index (χ0v) is 17.5. The highest BCUT2D eigenvalue weighted by atomic mass is 32.1. The molecule has 0 radical (unpaired) electrons. The molecule has 0 saturated heterocycles. The highest BCUT2D eigenvalue weighted by Crippen LogP contribution is 2.34. The first kappa shape index (κ1) is 18.0. The molecule has 4 aromatic carbocycles. The van der Waals surface area contributed by atoms with E-state index < -0.39 is 0 Å². The van der Waals surface area contributed by atoms with Crippen molar-refractivity contribution in [3.8, 4) is 21.8 Å². The third-order valence-corrected chi connectivity index (χ3v) is 6.64. The highest BCUT2D eigenvalue weighted by Gasteiger charge is 2.07. The Labute approximate surface area is 184 Å². The normalized spacial score (nSPS) is 11.2. The van der Waals surface area contributed by atoms with Crippen molar-refractivity contribution in [1.82, 2.24) is 0 Å². The molecule has 1 N–H and O–H groups in total. The first-order valence-corrected chi connectivity index (χ1v) is 11.1. The summed E-state index contributed by atoms with van der Waals surface area (Å²) in [7, 11) is 0. The number of hydrogen-bond acceptors (Lipinski definition) is 3. The number of para-hydroxylation sites is 1. The molecule has 2 heterocycles. The van der Waals surface area contributed by atoms with Crippen molar-refractivity contribution >= 4 is 43.8 Å². The van der Waals surface area contributed by atoms with E-state index in [2.05, 4.69) is 96.3 Å². The van der Waals surface area contributed by atoms with E-state index in [1.54, 1.807) is 0 Å². The number of fused-ring (bicyclic) bond motifs is 2. The first-order chi connectivity index (χ1) is 15.3. The van der Waals surface area contributed by atoms with Crippen LogP contribution in [0.3, 0.4) is 0 Å². The Hall–Kier alpha value is -3.82. The number of nitrogens with one attached hydrogen (secondary N) is 1. The SMILES string of the molecule is c1ccc2oc(-c3ccc(Nc4ccc(-c5cc6ccccc6s5)cc4)cc3)cc2c1. The quantitative estimate of drug-likeness (QED) is 0.310. The molecule has 0 amide bonds. The summed E-state index contributed by atoms with van der Waals surface area (Å²) >= 11 is 1.83. The van der Waals surface area contributed by atoms with E-state index in [-0.39, 0.29) is 0 Å². The molecule has 6 rings (SSSR count). The van der Waals surface area contributed by atoms with E-state index in [4.69, 9.17) is 4.42 Å². The molecule has 0 bridgehead atoms. The molecule has 6 aromatic rings. The number of rotatable bonds is 4. The van der Waals surface area contributed by atoms with E-state index in [1.807, 2.05) is 29.5 Å². The van der Waals surface area contributed by atoms with Gasteiger partial charge in [0.2, 0.25) is 0 Å². The van der Waals surface area contributed by atoms with Gasteiger partial charge in [-0.15, -0.1) is 11.3 Å². The lowest BCUT2D eigenvalue weighted by atomic mass is 10.1. The average Bonchev–Trinajstić information content (AvgIpc) is 3.44. The number of furan rings is 1. The second-order valence-electron chi connectivity index (χ2n) is 7.58.